The lowest BCUT2D eigenvalue weighted by molar-refractivity contribution is 0.0518. The zero-order valence-corrected chi connectivity index (χ0v) is 14.7. The molecule has 1 fully saturated rings. The van der Waals surface area contributed by atoms with Gasteiger partial charge in [0.1, 0.15) is 5.75 Å². The van der Waals surface area contributed by atoms with Gasteiger partial charge < -0.3 is 19.0 Å². The molecular formula is C18H19ClN2O4. The minimum atomic E-state index is -0.152. The highest BCUT2D eigenvalue weighted by molar-refractivity contribution is 6.32. The molecule has 1 aromatic carbocycles. The summed E-state index contributed by atoms with van der Waals surface area (Å²) in [5.41, 5.74) is 0.513. The van der Waals surface area contributed by atoms with Gasteiger partial charge in [-0.25, -0.2) is 0 Å². The van der Waals surface area contributed by atoms with Gasteiger partial charge >= 0.3 is 0 Å². The molecule has 1 aliphatic heterocycles. The van der Waals surface area contributed by atoms with Crippen LogP contribution in [0.5, 0.6) is 5.75 Å². The molecule has 2 heterocycles. The normalized spacial score (nSPS) is 14.5. The summed E-state index contributed by atoms with van der Waals surface area (Å²) in [4.78, 5) is 28.3. The number of carbonyl (C=O) groups excluding carboxylic acids is 2. The summed E-state index contributed by atoms with van der Waals surface area (Å²) < 4.78 is 10.5. The number of halogens is 1. The van der Waals surface area contributed by atoms with Crippen LogP contribution in [0.15, 0.2) is 41.0 Å². The Bertz CT molecular complexity index is 752. The second-order valence-electron chi connectivity index (χ2n) is 5.64. The van der Waals surface area contributed by atoms with E-state index in [1.807, 2.05) is 6.92 Å². The lowest BCUT2D eigenvalue weighted by Gasteiger charge is -2.34. The maximum absolute atomic E-state index is 12.6. The Labute approximate surface area is 150 Å². The molecule has 1 aromatic heterocycles. The molecule has 0 radical (unpaired) electrons. The lowest BCUT2D eigenvalue weighted by Crippen LogP contribution is -2.50. The first kappa shape index (κ1) is 17.4. The molecule has 2 amide bonds. The number of carbonyl (C=O) groups is 2. The minimum absolute atomic E-state index is 0.102. The number of rotatable bonds is 4. The molecule has 0 spiro atoms. The zero-order chi connectivity index (χ0) is 17.8. The monoisotopic (exact) mass is 362 g/mol. The number of benzene rings is 1. The largest absolute Gasteiger partial charge is 0.492 e. The van der Waals surface area contributed by atoms with E-state index < -0.39 is 0 Å². The van der Waals surface area contributed by atoms with Gasteiger partial charge in [0.25, 0.3) is 11.8 Å². The van der Waals surface area contributed by atoms with Crippen molar-refractivity contribution in [1.29, 1.82) is 0 Å². The number of ether oxygens (including phenoxy) is 1. The lowest BCUT2D eigenvalue weighted by atomic mass is 10.1. The quantitative estimate of drug-likeness (QED) is 0.839. The first-order valence-corrected chi connectivity index (χ1v) is 8.52. The first-order valence-electron chi connectivity index (χ1n) is 8.14. The van der Waals surface area contributed by atoms with Crippen LogP contribution in [-0.4, -0.2) is 54.4 Å². The second-order valence-corrected chi connectivity index (χ2v) is 6.05. The fraction of sp³-hybridized carbons (Fsp3) is 0.333. The van der Waals surface area contributed by atoms with Gasteiger partial charge in [-0.05, 0) is 37.3 Å². The van der Waals surface area contributed by atoms with Crippen molar-refractivity contribution in [2.24, 2.45) is 0 Å². The predicted octanol–water partition coefficient (Wildman–Crippen LogP) is 2.93. The summed E-state index contributed by atoms with van der Waals surface area (Å²) in [6, 6.07) is 8.36. The highest BCUT2D eigenvalue weighted by atomic mass is 35.5. The number of hydrogen-bond donors (Lipinski definition) is 0. The Kier molecular flexibility index (Phi) is 5.28. The van der Waals surface area contributed by atoms with Gasteiger partial charge in [0, 0.05) is 31.7 Å². The van der Waals surface area contributed by atoms with E-state index in [2.05, 4.69) is 0 Å². The molecule has 3 rings (SSSR count). The van der Waals surface area contributed by atoms with E-state index >= 15 is 0 Å². The van der Waals surface area contributed by atoms with Gasteiger partial charge in [-0.2, -0.15) is 0 Å². The Hall–Kier alpha value is -2.47. The summed E-state index contributed by atoms with van der Waals surface area (Å²) in [5, 5.41) is 0.416. The highest BCUT2D eigenvalue weighted by Gasteiger charge is 2.26. The van der Waals surface area contributed by atoms with Crippen LogP contribution in [0.25, 0.3) is 0 Å². The maximum atomic E-state index is 12.6. The number of amides is 2. The fourth-order valence-electron chi connectivity index (χ4n) is 2.76. The molecule has 7 heteroatoms. The summed E-state index contributed by atoms with van der Waals surface area (Å²) >= 11 is 6.15. The third-order valence-electron chi connectivity index (χ3n) is 4.06. The van der Waals surface area contributed by atoms with E-state index in [-0.39, 0.29) is 11.8 Å². The molecule has 0 bridgehead atoms. The van der Waals surface area contributed by atoms with Crippen molar-refractivity contribution in [3.05, 3.63) is 52.9 Å². The van der Waals surface area contributed by atoms with Crippen LogP contribution in [0.4, 0.5) is 0 Å². The van der Waals surface area contributed by atoms with Crippen molar-refractivity contribution in [2.45, 2.75) is 6.92 Å². The maximum Gasteiger partial charge on any atom is 0.289 e. The van der Waals surface area contributed by atoms with E-state index in [1.54, 1.807) is 40.1 Å². The third kappa shape index (κ3) is 3.79. The van der Waals surface area contributed by atoms with Crippen molar-refractivity contribution in [1.82, 2.24) is 9.80 Å². The molecule has 25 heavy (non-hydrogen) atoms. The topological polar surface area (TPSA) is 63.0 Å². The van der Waals surface area contributed by atoms with Crippen LogP contribution in [0.1, 0.15) is 27.8 Å². The fourth-order valence-corrected chi connectivity index (χ4v) is 2.99. The molecule has 2 aromatic rings. The zero-order valence-electron chi connectivity index (χ0n) is 13.9. The SMILES string of the molecule is CCOc1ccc(C(=O)N2CCN(C(=O)c3ccco3)CC2)cc1Cl. The smallest absolute Gasteiger partial charge is 0.289 e. The van der Waals surface area contributed by atoms with E-state index in [1.165, 1.54) is 6.26 Å². The molecule has 6 nitrogen and oxygen atoms in total. The van der Waals surface area contributed by atoms with Crippen molar-refractivity contribution in [3.63, 3.8) is 0 Å². The third-order valence-corrected chi connectivity index (χ3v) is 4.36. The van der Waals surface area contributed by atoms with E-state index in [0.717, 1.165) is 0 Å². The Morgan fingerprint density at radius 1 is 1.12 bits per heavy atom. The summed E-state index contributed by atoms with van der Waals surface area (Å²) in [5.74, 6) is 0.629. The summed E-state index contributed by atoms with van der Waals surface area (Å²) in [6.07, 6.45) is 1.47. The van der Waals surface area contributed by atoms with Crippen molar-refractivity contribution < 1.29 is 18.7 Å². The van der Waals surface area contributed by atoms with Gasteiger partial charge in [0.2, 0.25) is 0 Å². The number of nitrogens with zero attached hydrogens (tertiary/aromatic N) is 2. The van der Waals surface area contributed by atoms with Crippen molar-refractivity contribution in [2.75, 3.05) is 32.8 Å². The van der Waals surface area contributed by atoms with E-state index in [9.17, 15) is 9.59 Å². The van der Waals surface area contributed by atoms with Gasteiger partial charge in [-0.3, -0.25) is 9.59 Å². The van der Waals surface area contributed by atoms with Crippen LogP contribution in [0.3, 0.4) is 0 Å². The standard InChI is InChI=1S/C18H19ClN2O4/c1-2-24-15-6-5-13(12-14(15)19)17(22)20-7-9-21(10-8-20)18(23)16-4-3-11-25-16/h3-6,11-12H,2,7-10H2,1H3. The van der Waals surface area contributed by atoms with Crippen LogP contribution in [0, 0.1) is 0 Å². The van der Waals surface area contributed by atoms with E-state index in [4.69, 9.17) is 20.8 Å². The van der Waals surface area contributed by atoms with Gasteiger partial charge in [0.15, 0.2) is 5.76 Å². The second kappa shape index (κ2) is 7.61. The Morgan fingerprint density at radius 2 is 1.80 bits per heavy atom. The summed E-state index contributed by atoms with van der Waals surface area (Å²) in [7, 11) is 0. The first-order chi connectivity index (χ1) is 12.1. The van der Waals surface area contributed by atoms with Crippen LogP contribution in [-0.2, 0) is 0 Å². The number of furan rings is 1. The average molecular weight is 363 g/mol. The highest BCUT2D eigenvalue weighted by Crippen LogP contribution is 2.26. The van der Waals surface area contributed by atoms with E-state index in [0.29, 0.717) is 54.9 Å². The van der Waals surface area contributed by atoms with Crippen LogP contribution >= 0.6 is 11.6 Å². The minimum Gasteiger partial charge on any atom is -0.492 e. The molecule has 0 N–H and O–H groups in total. The number of hydrogen-bond acceptors (Lipinski definition) is 4. The molecule has 0 atom stereocenters. The van der Waals surface area contributed by atoms with Crippen molar-refractivity contribution in [3.8, 4) is 5.75 Å². The summed E-state index contributed by atoms with van der Waals surface area (Å²) in [6.45, 7) is 4.26. The Morgan fingerprint density at radius 3 is 2.36 bits per heavy atom. The molecule has 0 aliphatic carbocycles. The van der Waals surface area contributed by atoms with Gasteiger partial charge in [0.05, 0.1) is 17.9 Å². The van der Waals surface area contributed by atoms with Crippen LogP contribution < -0.4 is 4.74 Å². The van der Waals surface area contributed by atoms with Crippen molar-refractivity contribution >= 4 is 23.4 Å². The predicted molar refractivity (Wildman–Crippen MR) is 93.1 cm³/mol. The molecule has 132 valence electrons. The van der Waals surface area contributed by atoms with Gasteiger partial charge in [-0.1, -0.05) is 11.6 Å². The molecule has 1 saturated heterocycles. The molecular weight excluding hydrogens is 344 g/mol. The average Bonchev–Trinajstić information content (AvgIpc) is 3.17. The molecule has 1 aliphatic rings. The number of piperazine rings is 1. The molecule has 0 unspecified atom stereocenters. The Balaban J connectivity index is 1.62. The van der Waals surface area contributed by atoms with Gasteiger partial charge in [-0.15, -0.1) is 0 Å². The molecule has 0 saturated carbocycles. The van der Waals surface area contributed by atoms with Crippen LogP contribution in [0.2, 0.25) is 5.02 Å².